The molecule has 2 unspecified atom stereocenters. The average molecular weight is 437 g/mol. The normalized spacial score (nSPS) is 21.9. The number of ether oxygens (including phenoxy) is 1. The number of carbonyl (C=O) groups is 2. The molecule has 142 valence electrons. The number of hydrogen-bond donors (Lipinski definition) is 0. The number of ketones is 1. The van der Waals surface area contributed by atoms with Gasteiger partial charge in [0.25, 0.3) is 0 Å². The highest BCUT2D eigenvalue weighted by molar-refractivity contribution is 8.04. The quantitative estimate of drug-likeness (QED) is 0.283. The van der Waals surface area contributed by atoms with Crippen LogP contribution in [0, 0.1) is 0 Å². The summed E-state index contributed by atoms with van der Waals surface area (Å²) >= 11 is 18.9. The highest BCUT2D eigenvalue weighted by Gasteiger charge is 2.40. The minimum absolute atomic E-state index is 0.0464. The van der Waals surface area contributed by atoms with Crippen LogP contribution in [-0.4, -0.2) is 41.1 Å². The van der Waals surface area contributed by atoms with E-state index < -0.39 is 3.79 Å². The van der Waals surface area contributed by atoms with Gasteiger partial charge in [0, 0.05) is 29.8 Å². The smallest absolute Gasteiger partial charge is 0.321 e. The van der Waals surface area contributed by atoms with Gasteiger partial charge in [-0.05, 0) is 20.8 Å². The molecule has 2 atom stereocenters. The number of thioether (sulfide) groups is 1. The van der Waals surface area contributed by atoms with Crippen LogP contribution in [0.3, 0.4) is 0 Å². The fourth-order valence-corrected chi connectivity index (χ4v) is 4.46. The van der Waals surface area contributed by atoms with Gasteiger partial charge in [-0.1, -0.05) is 70.8 Å². The predicted molar refractivity (Wildman–Crippen MR) is 108 cm³/mol. The molecule has 1 aliphatic rings. The molecule has 8 heteroatoms. The maximum atomic E-state index is 12.6. The van der Waals surface area contributed by atoms with Crippen molar-refractivity contribution in [1.29, 1.82) is 0 Å². The van der Waals surface area contributed by atoms with Gasteiger partial charge in [-0.2, -0.15) is 0 Å². The molecule has 1 fully saturated rings. The third-order valence-electron chi connectivity index (χ3n) is 4.07. The minimum Gasteiger partial charge on any atom is -0.465 e. The van der Waals surface area contributed by atoms with E-state index in [2.05, 4.69) is 0 Å². The van der Waals surface area contributed by atoms with E-state index in [0.29, 0.717) is 24.3 Å². The molecule has 0 radical (unpaired) electrons. The second-order valence-corrected chi connectivity index (χ2v) is 9.18. The van der Waals surface area contributed by atoms with Gasteiger partial charge in [-0.15, -0.1) is 0 Å². The Morgan fingerprint density at radius 2 is 1.85 bits per heavy atom. The van der Waals surface area contributed by atoms with E-state index in [9.17, 15) is 9.59 Å². The molecule has 4 nitrogen and oxygen atoms in total. The first-order chi connectivity index (χ1) is 12.2. The van der Waals surface area contributed by atoms with E-state index in [4.69, 9.17) is 39.5 Å². The number of nitrogens with zero attached hydrogens (tertiary/aromatic N) is 1. The SMILES string of the molecule is CCOC(=O)C1SC(=CC(=O)c2ccc(C(Cl)(Cl)Cl)cc2)N(CC)C1C. The zero-order chi connectivity index (χ0) is 19.5. The first-order valence-electron chi connectivity index (χ1n) is 8.22. The highest BCUT2D eigenvalue weighted by Crippen LogP contribution is 2.40. The van der Waals surface area contributed by atoms with Crippen LogP contribution < -0.4 is 0 Å². The maximum Gasteiger partial charge on any atom is 0.321 e. The standard InChI is InChI=1S/C18H20Cl3NO3S/c1-4-22-11(3)16(17(24)25-5-2)26-15(22)10-14(23)12-6-8-13(9-7-12)18(19,20)21/h6-11,16H,4-5H2,1-3H3. The van der Waals surface area contributed by atoms with Gasteiger partial charge in [0.05, 0.1) is 11.6 Å². The van der Waals surface area contributed by atoms with E-state index in [1.54, 1.807) is 37.3 Å². The molecule has 0 aromatic heterocycles. The second kappa shape index (κ2) is 8.87. The van der Waals surface area contributed by atoms with Crippen molar-refractivity contribution in [3.63, 3.8) is 0 Å². The Hall–Kier alpha value is -0.880. The first-order valence-corrected chi connectivity index (χ1v) is 10.2. The Balaban J connectivity index is 2.21. The number of allylic oxidation sites excluding steroid dienone is 1. The lowest BCUT2D eigenvalue weighted by molar-refractivity contribution is -0.143. The van der Waals surface area contributed by atoms with Crippen molar-refractivity contribution in [2.75, 3.05) is 13.2 Å². The van der Waals surface area contributed by atoms with Crippen LogP contribution in [0.1, 0.15) is 36.7 Å². The summed E-state index contributed by atoms with van der Waals surface area (Å²) < 4.78 is 3.61. The summed E-state index contributed by atoms with van der Waals surface area (Å²) in [5, 5.41) is 0.411. The highest BCUT2D eigenvalue weighted by atomic mass is 35.6. The molecule has 1 saturated heterocycles. The summed E-state index contributed by atoms with van der Waals surface area (Å²) in [5.41, 5.74) is 0.979. The fourth-order valence-electron chi connectivity index (χ4n) is 2.71. The lowest BCUT2D eigenvalue weighted by Crippen LogP contribution is -2.36. The predicted octanol–water partition coefficient (Wildman–Crippen LogP) is 4.93. The minimum atomic E-state index is -1.53. The number of benzene rings is 1. The number of rotatable bonds is 5. The molecule has 26 heavy (non-hydrogen) atoms. The molecule has 0 N–H and O–H groups in total. The van der Waals surface area contributed by atoms with Crippen molar-refractivity contribution in [1.82, 2.24) is 4.90 Å². The Labute approximate surface area is 172 Å². The Morgan fingerprint density at radius 1 is 1.23 bits per heavy atom. The topological polar surface area (TPSA) is 46.6 Å². The lowest BCUT2D eigenvalue weighted by atomic mass is 10.1. The van der Waals surface area contributed by atoms with E-state index in [1.807, 2.05) is 18.7 Å². The Morgan fingerprint density at radius 3 is 2.35 bits per heavy atom. The molecule has 0 saturated carbocycles. The molecule has 0 bridgehead atoms. The molecule has 1 aliphatic heterocycles. The van der Waals surface area contributed by atoms with Gasteiger partial charge in [0.1, 0.15) is 5.25 Å². The molecule has 2 rings (SSSR count). The van der Waals surface area contributed by atoms with Crippen LogP contribution in [0.25, 0.3) is 0 Å². The molecule has 1 aromatic rings. The average Bonchev–Trinajstić information content (AvgIpc) is 2.90. The summed E-state index contributed by atoms with van der Waals surface area (Å²) in [6, 6.07) is 6.43. The van der Waals surface area contributed by atoms with E-state index in [1.165, 1.54) is 11.8 Å². The van der Waals surface area contributed by atoms with Crippen LogP contribution in [0.15, 0.2) is 35.4 Å². The summed E-state index contributed by atoms with van der Waals surface area (Å²) in [7, 11) is 0. The van der Waals surface area contributed by atoms with Gasteiger partial charge in [-0.25, -0.2) is 0 Å². The van der Waals surface area contributed by atoms with Gasteiger partial charge in [-0.3, -0.25) is 9.59 Å². The number of carbonyl (C=O) groups excluding carboxylic acids is 2. The zero-order valence-corrected chi connectivity index (χ0v) is 17.8. The van der Waals surface area contributed by atoms with Crippen molar-refractivity contribution in [2.45, 2.75) is 35.9 Å². The van der Waals surface area contributed by atoms with Crippen molar-refractivity contribution < 1.29 is 14.3 Å². The van der Waals surface area contributed by atoms with Gasteiger partial charge >= 0.3 is 5.97 Å². The summed E-state index contributed by atoms with van der Waals surface area (Å²) in [6.45, 7) is 6.75. The van der Waals surface area contributed by atoms with E-state index >= 15 is 0 Å². The monoisotopic (exact) mass is 435 g/mol. The molecule has 0 spiro atoms. The molecule has 1 heterocycles. The van der Waals surface area contributed by atoms with Crippen molar-refractivity contribution in [3.05, 3.63) is 46.5 Å². The van der Waals surface area contributed by atoms with Crippen LogP contribution in [0.2, 0.25) is 0 Å². The van der Waals surface area contributed by atoms with Crippen molar-refractivity contribution >= 4 is 58.3 Å². The number of halogens is 3. The second-order valence-electron chi connectivity index (χ2n) is 5.74. The third-order valence-corrected chi connectivity index (χ3v) is 6.16. The maximum absolute atomic E-state index is 12.6. The van der Waals surface area contributed by atoms with Crippen LogP contribution in [-0.2, 0) is 13.3 Å². The van der Waals surface area contributed by atoms with Crippen molar-refractivity contribution in [3.8, 4) is 0 Å². The largest absolute Gasteiger partial charge is 0.465 e. The Bertz CT molecular complexity index is 701. The lowest BCUT2D eigenvalue weighted by Gasteiger charge is -2.23. The Kier molecular flexibility index (Phi) is 7.31. The van der Waals surface area contributed by atoms with E-state index in [-0.39, 0.29) is 23.0 Å². The van der Waals surface area contributed by atoms with Crippen LogP contribution in [0.4, 0.5) is 0 Å². The third kappa shape index (κ3) is 4.89. The summed E-state index contributed by atoms with van der Waals surface area (Å²) in [5.74, 6) is -0.426. The number of hydrogen-bond acceptors (Lipinski definition) is 5. The fraction of sp³-hybridized carbons (Fsp3) is 0.444. The van der Waals surface area contributed by atoms with Gasteiger partial charge in [0.2, 0.25) is 3.79 Å². The first kappa shape index (κ1) is 21.4. The van der Waals surface area contributed by atoms with E-state index in [0.717, 1.165) is 5.03 Å². The zero-order valence-electron chi connectivity index (χ0n) is 14.7. The summed E-state index contributed by atoms with van der Waals surface area (Å²) in [6.07, 6.45) is 1.55. The van der Waals surface area contributed by atoms with Crippen LogP contribution >= 0.6 is 46.6 Å². The molecular formula is C18H20Cl3NO3S. The number of alkyl halides is 3. The van der Waals surface area contributed by atoms with Crippen LogP contribution in [0.5, 0.6) is 0 Å². The van der Waals surface area contributed by atoms with Crippen molar-refractivity contribution in [2.24, 2.45) is 0 Å². The molecule has 0 amide bonds. The molecule has 0 aliphatic carbocycles. The number of esters is 1. The van der Waals surface area contributed by atoms with Gasteiger partial charge in [0.15, 0.2) is 5.78 Å². The van der Waals surface area contributed by atoms with Gasteiger partial charge < -0.3 is 9.64 Å². The molecular weight excluding hydrogens is 417 g/mol. The molecule has 1 aromatic carbocycles. The summed E-state index contributed by atoms with van der Waals surface area (Å²) in [4.78, 5) is 26.8.